The molecule has 3 aromatic rings. The predicted octanol–water partition coefficient (Wildman–Crippen LogP) is 3.38. The van der Waals surface area contributed by atoms with Gasteiger partial charge >= 0.3 is 0 Å². The number of carbonyl (C=O) groups excluding carboxylic acids is 1. The fraction of sp³-hybridized carbons (Fsp3) is 0.308. The molecule has 9 heteroatoms. The highest BCUT2D eigenvalue weighted by Crippen LogP contribution is 2.23. The van der Waals surface area contributed by atoms with E-state index in [2.05, 4.69) is 27.4 Å². The first-order valence-corrected chi connectivity index (χ1v) is 11.4. The maximum absolute atomic E-state index is 13.7. The van der Waals surface area contributed by atoms with Crippen molar-refractivity contribution < 1.29 is 14.3 Å². The molecule has 0 saturated carbocycles. The first kappa shape index (κ1) is 25.9. The van der Waals surface area contributed by atoms with E-state index in [0.29, 0.717) is 24.3 Å². The maximum Gasteiger partial charge on any atom is 0.267 e. The largest absolute Gasteiger partial charge is 0.389 e. The second kappa shape index (κ2) is 11.6. The number of anilines is 1. The summed E-state index contributed by atoms with van der Waals surface area (Å²) in [4.78, 5) is 15.5. The summed E-state index contributed by atoms with van der Waals surface area (Å²) in [5.41, 5.74) is 8.68. The number of H-pyrrole nitrogens is 1. The summed E-state index contributed by atoms with van der Waals surface area (Å²) in [6, 6.07) is 15.4. The van der Waals surface area contributed by atoms with Gasteiger partial charge in [0.25, 0.3) is 5.91 Å². The molecule has 0 aliphatic carbocycles. The molecule has 0 aliphatic rings. The Morgan fingerprint density at radius 2 is 2.06 bits per heavy atom. The van der Waals surface area contributed by atoms with Crippen LogP contribution in [0.3, 0.4) is 0 Å². The monoisotopic (exact) mass is 480 g/mol. The first-order valence-electron chi connectivity index (χ1n) is 11.4. The highest BCUT2D eigenvalue weighted by molar-refractivity contribution is 5.92. The number of nitrogens with zero attached hydrogens (tertiary/aromatic N) is 2. The molecular formula is C26H33FN6O2. The Morgan fingerprint density at radius 1 is 1.26 bits per heavy atom. The van der Waals surface area contributed by atoms with E-state index in [4.69, 9.17) is 5.73 Å². The van der Waals surface area contributed by atoms with E-state index in [1.165, 1.54) is 12.1 Å². The zero-order valence-electron chi connectivity index (χ0n) is 20.1. The van der Waals surface area contributed by atoms with E-state index in [-0.39, 0.29) is 24.8 Å². The second-order valence-electron chi connectivity index (χ2n) is 8.83. The van der Waals surface area contributed by atoms with Crippen molar-refractivity contribution in [1.29, 1.82) is 0 Å². The van der Waals surface area contributed by atoms with Gasteiger partial charge in [0.15, 0.2) is 0 Å². The molecule has 0 bridgehead atoms. The van der Waals surface area contributed by atoms with Gasteiger partial charge in [0.1, 0.15) is 11.5 Å². The number of halogens is 1. The number of aromatic amines is 1. The van der Waals surface area contributed by atoms with Crippen LogP contribution >= 0.6 is 0 Å². The molecule has 1 heterocycles. The van der Waals surface area contributed by atoms with Gasteiger partial charge in [-0.1, -0.05) is 18.2 Å². The summed E-state index contributed by atoms with van der Waals surface area (Å²) >= 11 is 0. The molecule has 0 spiro atoms. The molecule has 2 aromatic carbocycles. The molecule has 2 atom stereocenters. The van der Waals surface area contributed by atoms with Gasteiger partial charge in [-0.15, -0.1) is 0 Å². The number of nitrogens with two attached hydrogens (primary N) is 1. The van der Waals surface area contributed by atoms with E-state index in [0.717, 1.165) is 16.8 Å². The van der Waals surface area contributed by atoms with Crippen molar-refractivity contribution >= 4 is 18.3 Å². The van der Waals surface area contributed by atoms with Crippen LogP contribution in [0.1, 0.15) is 47.1 Å². The van der Waals surface area contributed by atoms with Gasteiger partial charge in [-0.05, 0) is 66.9 Å². The van der Waals surface area contributed by atoms with Crippen molar-refractivity contribution in [2.24, 2.45) is 10.8 Å². The van der Waals surface area contributed by atoms with Gasteiger partial charge in [-0.3, -0.25) is 9.80 Å². The quantitative estimate of drug-likeness (QED) is 0.201. The number of carbonyl (C=O) groups is 1. The highest BCUT2D eigenvalue weighted by Gasteiger charge is 2.28. The minimum atomic E-state index is -0.691. The summed E-state index contributed by atoms with van der Waals surface area (Å²) in [5.74, 6) is -0.577. The SMILES string of the molecule is C=NN(Cc1ccc(F)cc1CN)CC(C)(CNC(=O)c1ccc[nH]1)Nc1cccc([C@H](C)O)c1. The summed E-state index contributed by atoms with van der Waals surface area (Å²) in [7, 11) is 0. The third-order valence-corrected chi connectivity index (χ3v) is 5.77. The molecule has 1 unspecified atom stereocenters. The van der Waals surface area contributed by atoms with Gasteiger partial charge < -0.3 is 26.5 Å². The number of benzene rings is 2. The topological polar surface area (TPSA) is 119 Å². The second-order valence-corrected chi connectivity index (χ2v) is 8.83. The predicted molar refractivity (Wildman–Crippen MR) is 136 cm³/mol. The molecule has 1 aromatic heterocycles. The lowest BCUT2D eigenvalue weighted by Crippen LogP contribution is -2.53. The number of rotatable bonds is 12. The molecule has 3 rings (SSSR count). The van der Waals surface area contributed by atoms with Crippen molar-refractivity contribution in [3.63, 3.8) is 0 Å². The fourth-order valence-electron chi connectivity index (χ4n) is 3.90. The normalized spacial score (nSPS) is 13.5. The zero-order valence-corrected chi connectivity index (χ0v) is 20.1. The van der Waals surface area contributed by atoms with Gasteiger partial charge in [0.05, 0.1) is 24.7 Å². The van der Waals surface area contributed by atoms with Crippen molar-refractivity contribution in [2.45, 2.75) is 38.6 Å². The van der Waals surface area contributed by atoms with Crippen LogP contribution in [-0.2, 0) is 13.1 Å². The van der Waals surface area contributed by atoms with E-state index >= 15 is 0 Å². The average molecular weight is 481 g/mol. The number of nitrogens with one attached hydrogen (secondary N) is 3. The van der Waals surface area contributed by atoms with Gasteiger partial charge in [0.2, 0.25) is 0 Å². The van der Waals surface area contributed by atoms with Crippen molar-refractivity contribution in [1.82, 2.24) is 15.3 Å². The van der Waals surface area contributed by atoms with Crippen molar-refractivity contribution in [3.8, 4) is 0 Å². The Kier molecular flexibility index (Phi) is 8.62. The lowest BCUT2D eigenvalue weighted by Gasteiger charge is -2.36. The van der Waals surface area contributed by atoms with Crippen LogP contribution in [0.5, 0.6) is 0 Å². The highest BCUT2D eigenvalue weighted by atomic mass is 19.1. The Bertz CT molecular complexity index is 1130. The third kappa shape index (κ3) is 7.14. The van der Waals surface area contributed by atoms with E-state index in [1.807, 2.05) is 31.2 Å². The smallest absolute Gasteiger partial charge is 0.267 e. The fourth-order valence-corrected chi connectivity index (χ4v) is 3.90. The number of aliphatic hydroxyl groups excluding tert-OH is 1. The standard InChI is InChI=1S/C26H33FN6O2/c1-18(34)19-6-4-7-23(13-19)32-26(2,16-31-25(35)24-8-5-11-30-24)17-33(29-3)15-20-9-10-22(27)12-21(20)14-28/h4-13,18,30,32,34H,3,14-17,28H2,1-2H3,(H,31,35)/t18-,26?/m0/s1. The van der Waals surface area contributed by atoms with E-state index in [1.54, 1.807) is 36.3 Å². The summed E-state index contributed by atoms with van der Waals surface area (Å²) in [6.45, 7) is 8.58. The number of amides is 1. The Morgan fingerprint density at radius 3 is 2.71 bits per heavy atom. The van der Waals surface area contributed by atoms with Crippen LogP contribution in [0.15, 0.2) is 65.9 Å². The summed E-state index contributed by atoms with van der Waals surface area (Å²) in [5, 5.41) is 22.4. The summed E-state index contributed by atoms with van der Waals surface area (Å²) < 4.78 is 13.7. The maximum atomic E-state index is 13.7. The van der Waals surface area contributed by atoms with Gasteiger partial charge in [0, 0.05) is 31.7 Å². The number of aliphatic hydroxyl groups is 1. The first-order chi connectivity index (χ1) is 16.7. The molecular weight excluding hydrogens is 447 g/mol. The molecule has 186 valence electrons. The molecule has 0 fully saturated rings. The molecule has 6 N–H and O–H groups in total. The molecule has 1 amide bonds. The van der Waals surface area contributed by atoms with E-state index in [9.17, 15) is 14.3 Å². The molecule has 35 heavy (non-hydrogen) atoms. The van der Waals surface area contributed by atoms with Crippen molar-refractivity contribution in [2.75, 3.05) is 18.4 Å². The minimum absolute atomic E-state index is 0.200. The average Bonchev–Trinajstić information content (AvgIpc) is 3.38. The summed E-state index contributed by atoms with van der Waals surface area (Å²) in [6.07, 6.45) is 1.07. The Hall–Kier alpha value is -3.69. The zero-order chi connectivity index (χ0) is 25.4. The van der Waals surface area contributed by atoms with Gasteiger partial charge in [-0.25, -0.2) is 4.39 Å². The van der Waals surface area contributed by atoms with Crippen LogP contribution in [0.25, 0.3) is 0 Å². The number of hydrazone groups is 1. The number of hydrogen-bond donors (Lipinski definition) is 5. The molecule has 0 aliphatic heterocycles. The van der Waals surface area contributed by atoms with Crippen LogP contribution in [-0.4, -0.2) is 46.4 Å². The van der Waals surface area contributed by atoms with E-state index < -0.39 is 11.6 Å². The third-order valence-electron chi connectivity index (χ3n) is 5.77. The molecule has 0 radical (unpaired) electrons. The van der Waals surface area contributed by atoms with Crippen LogP contribution in [0, 0.1) is 5.82 Å². The van der Waals surface area contributed by atoms with Crippen LogP contribution < -0.4 is 16.4 Å². The number of hydrogen-bond acceptors (Lipinski definition) is 6. The van der Waals surface area contributed by atoms with Crippen molar-refractivity contribution in [3.05, 3.63) is 89.0 Å². The van der Waals surface area contributed by atoms with Crippen LogP contribution in [0.4, 0.5) is 10.1 Å². The minimum Gasteiger partial charge on any atom is -0.389 e. The van der Waals surface area contributed by atoms with Crippen LogP contribution in [0.2, 0.25) is 0 Å². The molecule has 0 saturated heterocycles. The number of aromatic nitrogens is 1. The molecule has 8 nitrogen and oxygen atoms in total. The Labute approximate surface area is 205 Å². The lowest BCUT2D eigenvalue weighted by molar-refractivity contribution is 0.0936. The Balaban J connectivity index is 1.83. The lowest BCUT2D eigenvalue weighted by atomic mass is 9.99. The van der Waals surface area contributed by atoms with Gasteiger partial charge in [-0.2, -0.15) is 5.10 Å².